The maximum absolute atomic E-state index is 5.33. The lowest BCUT2D eigenvalue weighted by atomic mass is 10.3. The molecule has 0 aromatic carbocycles. The van der Waals surface area contributed by atoms with Gasteiger partial charge in [-0.1, -0.05) is 25.2 Å². The van der Waals surface area contributed by atoms with E-state index in [-0.39, 0.29) is 0 Å². The summed E-state index contributed by atoms with van der Waals surface area (Å²) in [7, 11) is 0. The van der Waals surface area contributed by atoms with Crippen LogP contribution in [0.25, 0.3) is 0 Å². The van der Waals surface area contributed by atoms with Crippen LogP contribution in [0.2, 0.25) is 0 Å². The number of aromatic nitrogens is 2. The van der Waals surface area contributed by atoms with Gasteiger partial charge in [-0.2, -0.15) is 0 Å². The Bertz CT molecular complexity index is 213. The highest BCUT2D eigenvalue weighted by Gasteiger charge is 1.96. The maximum atomic E-state index is 5.33. The molecule has 0 aliphatic heterocycles. The van der Waals surface area contributed by atoms with Gasteiger partial charge < -0.3 is 10.1 Å². The zero-order chi connectivity index (χ0) is 9.52. The predicted octanol–water partition coefficient (Wildman–Crippen LogP) is 1.30. The Kier molecular flexibility index (Phi) is 4.70. The van der Waals surface area contributed by atoms with Gasteiger partial charge in [0.05, 0.1) is 6.61 Å². The van der Waals surface area contributed by atoms with E-state index >= 15 is 0 Å². The molecular formula is C8H15N3OS. The van der Waals surface area contributed by atoms with Crippen molar-refractivity contribution in [2.75, 3.05) is 13.2 Å². The molecule has 5 heteroatoms. The van der Waals surface area contributed by atoms with Crippen LogP contribution >= 0.6 is 11.3 Å². The van der Waals surface area contributed by atoms with Crippen molar-refractivity contribution in [2.24, 2.45) is 0 Å². The standard InChI is InChI=1S/C8H15N3OS/c1-7(2)9-4-3-5-12-8-11-10-6-13-8/h6-7,9H,3-5H2,1-2H3. The van der Waals surface area contributed by atoms with Gasteiger partial charge in [-0.05, 0) is 13.0 Å². The van der Waals surface area contributed by atoms with Crippen molar-refractivity contribution in [1.82, 2.24) is 15.5 Å². The molecule has 1 aromatic rings. The molecule has 0 atom stereocenters. The maximum Gasteiger partial charge on any atom is 0.293 e. The van der Waals surface area contributed by atoms with Crippen molar-refractivity contribution >= 4 is 11.3 Å². The molecule has 0 aliphatic carbocycles. The molecule has 1 heterocycles. The molecule has 0 aliphatic rings. The number of hydrogen-bond donors (Lipinski definition) is 1. The van der Waals surface area contributed by atoms with Crippen LogP contribution in [0.15, 0.2) is 5.51 Å². The van der Waals surface area contributed by atoms with Crippen LogP contribution in [-0.4, -0.2) is 29.4 Å². The number of ether oxygens (including phenoxy) is 1. The zero-order valence-electron chi connectivity index (χ0n) is 7.99. The quantitative estimate of drug-likeness (QED) is 0.705. The molecule has 0 unspecified atom stereocenters. The van der Waals surface area contributed by atoms with E-state index in [2.05, 4.69) is 29.4 Å². The van der Waals surface area contributed by atoms with E-state index in [4.69, 9.17) is 4.74 Å². The third kappa shape index (κ3) is 4.80. The van der Waals surface area contributed by atoms with Crippen LogP contribution in [0.5, 0.6) is 5.19 Å². The highest BCUT2D eigenvalue weighted by atomic mass is 32.1. The van der Waals surface area contributed by atoms with Crippen molar-refractivity contribution in [3.8, 4) is 5.19 Å². The first-order valence-electron chi connectivity index (χ1n) is 4.41. The average molecular weight is 201 g/mol. The summed E-state index contributed by atoms with van der Waals surface area (Å²) in [5.74, 6) is 0. The monoisotopic (exact) mass is 201 g/mol. The number of nitrogens with one attached hydrogen (secondary N) is 1. The van der Waals surface area contributed by atoms with Crippen molar-refractivity contribution in [2.45, 2.75) is 26.3 Å². The highest BCUT2D eigenvalue weighted by Crippen LogP contribution is 2.10. The van der Waals surface area contributed by atoms with Crippen molar-refractivity contribution in [3.05, 3.63) is 5.51 Å². The summed E-state index contributed by atoms with van der Waals surface area (Å²) < 4.78 is 5.33. The fraction of sp³-hybridized carbons (Fsp3) is 0.750. The molecule has 0 spiro atoms. The number of rotatable bonds is 6. The molecule has 1 N–H and O–H groups in total. The molecule has 0 amide bonds. The summed E-state index contributed by atoms with van der Waals surface area (Å²) >= 11 is 1.42. The summed E-state index contributed by atoms with van der Waals surface area (Å²) in [6.07, 6.45) is 0.998. The van der Waals surface area contributed by atoms with Crippen LogP contribution in [0.4, 0.5) is 0 Å². The lowest BCUT2D eigenvalue weighted by Gasteiger charge is -2.07. The normalized spacial score (nSPS) is 10.7. The summed E-state index contributed by atoms with van der Waals surface area (Å²) in [6, 6.07) is 0.543. The van der Waals surface area contributed by atoms with Gasteiger partial charge in [-0.3, -0.25) is 0 Å². The van der Waals surface area contributed by atoms with Gasteiger partial charge in [-0.15, -0.1) is 10.2 Å². The van der Waals surface area contributed by atoms with Gasteiger partial charge in [0, 0.05) is 6.04 Å². The highest BCUT2D eigenvalue weighted by molar-refractivity contribution is 7.11. The van der Waals surface area contributed by atoms with E-state index in [1.807, 2.05) is 0 Å². The molecule has 1 aromatic heterocycles. The van der Waals surface area contributed by atoms with Gasteiger partial charge in [-0.25, -0.2) is 0 Å². The zero-order valence-corrected chi connectivity index (χ0v) is 8.80. The first-order valence-corrected chi connectivity index (χ1v) is 5.29. The second kappa shape index (κ2) is 5.88. The first-order chi connectivity index (χ1) is 6.29. The van der Waals surface area contributed by atoms with Gasteiger partial charge in [0.25, 0.3) is 5.19 Å². The SMILES string of the molecule is CC(C)NCCCOc1nncs1. The molecular weight excluding hydrogens is 186 g/mol. The molecule has 0 saturated carbocycles. The Labute approximate surface area is 82.3 Å². The summed E-state index contributed by atoms with van der Waals surface area (Å²) in [6.45, 7) is 5.95. The van der Waals surface area contributed by atoms with Crippen molar-refractivity contribution < 1.29 is 4.74 Å². The average Bonchev–Trinajstić information content (AvgIpc) is 2.55. The topological polar surface area (TPSA) is 47.0 Å². The largest absolute Gasteiger partial charge is 0.469 e. The summed E-state index contributed by atoms with van der Waals surface area (Å²) in [5.41, 5.74) is 1.67. The van der Waals surface area contributed by atoms with Crippen molar-refractivity contribution in [1.29, 1.82) is 0 Å². The van der Waals surface area contributed by atoms with E-state index in [0.29, 0.717) is 17.8 Å². The second-order valence-corrected chi connectivity index (χ2v) is 3.81. The Hall–Kier alpha value is -0.680. The minimum absolute atomic E-state index is 0.543. The fourth-order valence-corrected chi connectivity index (χ4v) is 1.28. The molecule has 13 heavy (non-hydrogen) atoms. The van der Waals surface area contributed by atoms with E-state index in [1.165, 1.54) is 11.3 Å². The Morgan fingerprint density at radius 2 is 2.46 bits per heavy atom. The third-order valence-corrected chi connectivity index (χ3v) is 2.04. The molecule has 4 nitrogen and oxygen atoms in total. The molecule has 0 bridgehead atoms. The Morgan fingerprint density at radius 3 is 3.08 bits per heavy atom. The number of nitrogens with zero attached hydrogens (tertiary/aromatic N) is 2. The smallest absolute Gasteiger partial charge is 0.293 e. The lowest BCUT2D eigenvalue weighted by Crippen LogP contribution is -2.24. The van der Waals surface area contributed by atoms with Crippen LogP contribution in [0.3, 0.4) is 0 Å². The van der Waals surface area contributed by atoms with E-state index in [0.717, 1.165) is 13.0 Å². The van der Waals surface area contributed by atoms with Crippen LogP contribution in [-0.2, 0) is 0 Å². The molecule has 0 fully saturated rings. The summed E-state index contributed by atoms with van der Waals surface area (Å²) in [5, 5.41) is 11.4. The van der Waals surface area contributed by atoms with E-state index < -0.39 is 0 Å². The van der Waals surface area contributed by atoms with Crippen LogP contribution in [0.1, 0.15) is 20.3 Å². The lowest BCUT2D eigenvalue weighted by molar-refractivity contribution is 0.302. The molecule has 0 radical (unpaired) electrons. The van der Waals surface area contributed by atoms with Crippen LogP contribution < -0.4 is 10.1 Å². The Morgan fingerprint density at radius 1 is 1.62 bits per heavy atom. The minimum atomic E-state index is 0.543. The Balaban J connectivity index is 1.96. The van der Waals surface area contributed by atoms with Gasteiger partial charge in [0.15, 0.2) is 0 Å². The first kappa shape index (κ1) is 10.4. The van der Waals surface area contributed by atoms with E-state index in [9.17, 15) is 0 Å². The minimum Gasteiger partial charge on any atom is -0.469 e. The van der Waals surface area contributed by atoms with Crippen LogP contribution in [0, 0.1) is 0 Å². The second-order valence-electron chi connectivity index (χ2n) is 3.02. The predicted molar refractivity (Wildman–Crippen MR) is 53.2 cm³/mol. The molecule has 0 saturated heterocycles. The van der Waals surface area contributed by atoms with Crippen molar-refractivity contribution in [3.63, 3.8) is 0 Å². The van der Waals surface area contributed by atoms with E-state index in [1.54, 1.807) is 5.51 Å². The third-order valence-electron chi connectivity index (χ3n) is 1.44. The van der Waals surface area contributed by atoms with Gasteiger partial charge in [0.1, 0.15) is 5.51 Å². The van der Waals surface area contributed by atoms with Gasteiger partial charge >= 0.3 is 0 Å². The fourth-order valence-electron chi connectivity index (χ4n) is 0.848. The summed E-state index contributed by atoms with van der Waals surface area (Å²) in [4.78, 5) is 0. The number of hydrogen-bond acceptors (Lipinski definition) is 5. The molecule has 1 rings (SSSR count). The molecule has 74 valence electrons. The van der Waals surface area contributed by atoms with Gasteiger partial charge in [0.2, 0.25) is 0 Å².